The first-order valence-electron chi connectivity index (χ1n) is 7.28. The van der Waals surface area contributed by atoms with Crippen molar-refractivity contribution in [1.82, 2.24) is 10.3 Å². The number of carbonyl (C=O) groups excluding carboxylic acids is 1. The van der Waals surface area contributed by atoms with Crippen LogP contribution in [0.5, 0.6) is 5.75 Å². The number of sulfonamides is 1. The fourth-order valence-corrected chi connectivity index (χ4v) is 3.40. The highest BCUT2D eigenvalue weighted by Crippen LogP contribution is 2.28. The number of benzene rings is 2. The highest BCUT2D eigenvalue weighted by molar-refractivity contribution is 7.89. The SMILES string of the molecule is CC(Oc1ccc(Cl)cc1Cl)C(=O)NNS(=O)(=O)c1ccccc1[N+](=O)[O-]. The third-order valence-electron chi connectivity index (χ3n) is 3.23. The summed E-state index contributed by atoms with van der Waals surface area (Å²) in [6.45, 7) is 1.36. The standard InChI is InChI=1S/C15H13Cl2N3O6S/c1-9(26-13-7-6-10(16)8-11(13)17)15(21)18-19-27(24,25)14-5-3-2-4-12(14)20(22)23/h2-9,19H,1H3,(H,18,21). The van der Waals surface area contributed by atoms with E-state index in [9.17, 15) is 23.3 Å². The Morgan fingerprint density at radius 3 is 2.52 bits per heavy atom. The first kappa shape index (κ1) is 20.9. The Balaban J connectivity index is 2.07. The van der Waals surface area contributed by atoms with E-state index < -0.39 is 37.5 Å². The average molecular weight is 434 g/mol. The number of halogens is 2. The van der Waals surface area contributed by atoms with Gasteiger partial charge in [0.15, 0.2) is 11.0 Å². The van der Waals surface area contributed by atoms with Crippen LogP contribution in [0.4, 0.5) is 5.69 Å². The Morgan fingerprint density at radius 1 is 1.22 bits per heavy atom. The number of para-hydroxylation sites is 1. The summed E-state index contributed by atoms with van der Waals surface area (Å²) in [4.78, 5) is 23.4. The van der Waals surface area contributed by atoms with Gasteiger partial charge in [-0.25, -0.2) is 8.42 Å². The molecule has 0 fully saturated rings. The topological polar surface area (TPSA) is 128 Å². The summed E-state index contributed by atoms with van der Waals surface area (Å²) in [5, 5.41) is 11.5. The van der Waals surface area contributed by atoms with Crippen LogP contribution in [0, 0.1) is 10.1 Å². The maximum Gasteiger partial charge on any atom is 0.289 e. The normalized spacial score (nSPS) is 12.3. The number of nitrogens with one attached hydrogen (secondary N) is 2. The Hall–Kier alpha value is -2.40. The van der Waals surface area contributed by atoms with Crippen molar-refractivity contribution in [3.8, 4) is 5.75 Å². The van der Waals surface area contributed by atoms with Gasteiger partial charge < -0.3 is 4.74 Å². The molecule has 0 aliphatic carbocycles. The van der Waals surface area contributed by atoms with E-state index in [1.54, 1.807) is 4.83 Å². The summed E-state index contributed by atoms with van der Waals surface area (Å²) in [6.07, 6.45) is -1.13. The maximum atomic E-state index is 12.2. The lowest BCUT2D eigenvalue weighted by atomic mass is 10.3. The largest absolute Gasteiger partial charge is 0.479 e. The van der Waals surface area contributed by atoms with Crippen LogP contribution in [0.1, 0.15) is 6.92 Å². The van der Waals surface area contributed by atoms with E-state index in [0.29, 0.717) is 5.02 Å². The van der Waals surface area contributed by atoms with Gasteiger partial charge in [0.2, 0.25) is 0 Å². The minimum Gasteiger partial charge on any atom is -0.479 e. The van der Waals surface area contributed by atoms with Gasteiger partial charge in [-0.15, -0.1) is 4.83 Å². The molecule has 0 radical (unpaired) electrons. The molecule has 144 valence electrons. The number of nitro benzene ring substituents is 1. The van der Waals surface area contributed by atoms with Crippen LogP contribution in [-0.4, -0.2) is 25.4 Å². The summed E-state index contributed by atoms with van der Waals surface area (Å²) in [5.41, 5.74) is 1.32. The van der Waals surface area contributed by atoms with Crippen LogP contribution in [0.3, 0.4) is 0 Å². The maximum absolute atomic E-state index is 12.2. The molecule has 1 amide bonds. The first-order valence-corrected chi connectivity index (χ1v) is 9.52. The van der Waals surface area contributed by atoms with Crippen molar-refractivity contribution >= 4 is 44.8 Å². The molecular weight excluding hydrogens is 421 g/mol. The highest BCUT2D eigenvalue weighted by Gasteiger charge is 2.26. The van der Waals surface area contributed by atoms with Crippen molar-refractivity contribution in [2.45, 2.75) is 17.9 Å². The molecule has 9 nitrogen and oxygen atoms in total. The minimum absolute atomic E-state index is 0.169. The summed E-state index contributed by atoms with van der Waals surface area (Å²) in [6, 6.07) is 9.08. The zero-order chi connectivity index (χ0) is 20.2. The third-order valence-corrected chi connectivity index (χ3v) is 5.05. The van der Waals surface area contributed by atoms with Crippen molar-refractivity contribution in [1.29, 1.82) is 0 Å². The number of amides is 1. The fourth-order valence-electron chi connectivity index (χ4n) is 1.92. The second kappa shape index (κ2) is 8.53. The number of hydrogen-bond donors (Lipinski definition) is 2. The van der Waals surface area contributed by atoms with E-state index in [1.807, 2.05) is 5.43 Å². The van der Waals surface area contributed by atoms with E-state index in [4.69, 9.17) is 27.9 Å². The monoisotopic (exact) mass is 433 g/mol. The van der Waals surface area contributed by atoms with E-state index in [2.05, 4.69) is 0 Å². The van der Waals surface area contributed by atoms with Crippen molar-refractivity contribution < 1.29 is 22.9 Å². The number of ether oxygens (including phenoxy) is 1. The van der Waals surface area contributed by atoms with Gasteiger partial charge in [-0.3, -0.25) is 20.3 Å². The number of nitrogens with zero attached hydrogens (tertiary/aromatic N) is 1. The molecule has 2 aromatic carbocycles. The van der Waals surface area contributed by atoms with Crippen molar-refractivity contribution in [3.63, 3.8) is 0 Å². The van der Waals surface area contributed by atoms with E-state index in [0.717, 1.165) is 12.1 Å². The minimum atomic E-state index is -4.37. The molecule has 0 aliphatic heterocycles. The summed E-state index contributed by atoms with van der Waals surface area (Å²) in [5.74, 6) is -0.673. The summed E-state index contributed by atoms with van der Waals surface area (Å²) >= 11 is 11.7. The van der Waals surface area contributed by atoms with Crippen molar-refractivity contribution in [2.24, 2.45) is 0 Å². The zero-order valence-electron chi connectivity index (χ0n) is 13.7. The van der Waals surface area contributed by atoms with Gasteiger partial charge in [-0.1, -0.05) is 35.3 Å². The van der Waals surface area contributed by atoms with Gasteiger partial charge in [0.05, 0.1) is 9.95 Å². The predicted octanol–water partition coefficient (Wildman–Crippen LogP) is 2.68. The fraction of sp³-hybridized carbons (Fsp3) is 0.133. The van der Waals surface area contributed by atoms with Gasteiger partial charge in [-0.2, -0.15) is 0 Å². The molecule has 0 saturated heterocycles. The van der Waals surface area contributed by atoms with Crippen LogP contribution in [0.15, 0.2) is 47.4 Å². The molecule has 0 saturated carbocycles. The quantitative estimate of drug-likeness (QED) is 0.510. The number of hydrazine groups is 1. The van der Waals surface area contributed by atoms with Gasteiger partial charge >= 0.3 is 0 Å². The van der Waals surface area contributed by atoms with Crippen LogP contribution < -0.4 is 15.0 Å². The molecular formula is C15H13Cl2N3O6S. The Bertz CT molecular complexity index is 983. The van der Waals surface area contributed by atoms with Gasteiger partial charge in [-0.05, 0) is 31.2 Å². The first-order chi connectivity index (χ1) is 12.6. The lowest BCUT2D eigenvalue weighted by Gasteiger charge is -2.16. The van der Waals surface area contributed by atoms with E-state index in [-0.39, 0.29) is 10.8 Å². The molecule has 1 unspecified atom stereocenters. The molecule has 2 aromatic rings. The third kappa shape index (κ3) is 5.30. The smallest absolute Gasteiger partial charge is 0.289 e. The molecule has 2 rings (SSSR count). The molecule has 27 heavy (non-hydrogen) atoms. The van der Waals surface area contributed by atoms with Gasteiger partial charge in [0.25, 0.3) is 21.6 Å². The second-order valence-corrected chi connectivity index (χ2v) is 7.65. The number of nitro groups is 1. The average Bonchev–Trinajstić information content (AvgIpc) is 2.62. The van der Waals surface area contributed by atoms with Crippen LogP contribution in [0.2, 0.25) is 10.0 Å². The van der Waals surface area contributed by atoms with Crippen LogP contribution in [-0.2, 0) is 14.8 Å². The number of rotatable bonds is 7. The number of hydrogen-bond acceptors (Lipinski definition) is 6. The lowest BCUT2D eigenvalue weighted by molar-refractivity contribution is -0.387. The predicted molar refractivity (Wildman–Crippen MR) is 98.1 cm³/mol. The molecule has 0 aliphatic rings. The highest BCUT2D eigenvalue weighted by atomic mass is 35.5. The molecule has 0 bridgehead atoms. The summed E-state index contributed by atoms with van der Waals surface area (Å²) < 4.78 is 29.8. The molecule has 0 spiro atoms. The molecule has 0 aromatic heterocycles. The van der Waals surface area contributed by atoms with Crippen molar-refractivity contribution in [3.05, 3.63) is 62.6 Å². The van der Waals surface area contributed by atoms with Crippen LogP contribution in [0.25, 0.3) is 0 Å². The van der Waals surface area contributed by atoms with Gasteiger partial charge in [0, 0.05) is 11.1 Å². The second-order valence-electron chi connectivity index (χ2n) is 5.15. The summed E-state index contributed by atoms with van der Waals surface area (Å²) in [7, 11) is -4.37. The Morgan fingerprint density at radius 2 is 1.89 bits per heavy atom. The molecule has 12 heteroatoms. The Labute approximate surface area is 164 Å². The number of carbonyl (C=O) groups is 1. The van der Waals surface area contributed by atoms with Gasteiger partial charge in [0.1, 0.15) is 5.75 Å². The van der Waals surface area contributed by atoms with Crippen LogP contribution >= 0.6 is 23.2 Å². The van der Waals surface area contributed by atoms with Crippen molar-refractivity contribution in [2.75, 3.05) is 0 Å². The molecule has 1 atom stereocenters. The lowest BCUT2D eigenvalue weighted by Crippen LogP contribution is -2.47. The van der Waals surface area contributed by atoms with E-state index >= 15 is 0 Å². The van der Waals surface area contributed by atoms with E-state index in [1.165, 1.54) is 37.3 Å². The zero-order valence-corrected chi connectivity index (χ0v) is 16.0. The Kier molecular flexibility index (Phi) is 6.60. The molecule has 0 heterocycles. The molecule has 2 N–H and O–H groups in total.